The van der Waals surface area contributed by atoms with Gasteiger partial charge in [-0.3, -0.25) is 14.2 Å². The van der Waals surface area contributed by atoms with Crippen molar-refractivity contribution < 1.29 is 14.3 Å². The van der Waals surface area contributed by atoms with Gasteiger partial charge in [-0.1, -0.05) is 36.4 Å². The predicted molar refractivity (Wildman–Crippen MR) is 144 cm³/mol. The molecule has 3 N–H and O–H groups in total. The van der Waals surface area contributed by atoms with Crippen molar-refractivity contribution in [2.45, 2.75) is 51.4 Å². The van der Waals surface area contributed by atoms with Gasteiger partial charge in [0.25, 0.3) is 5.91 Å². The molecule has 11 heteroatoms. The molecular formula is C25H28ClN5O3S2. The number of halogens is 1. The number of anilines is 1. The number of nitrogens with one attached hydrogen (secondary N) is 1. The Labute approximate surface area is 223 Å². The van der Waals surface area contributed by atoms with Crippen LogP contribution in [-0.2, 0) is 30.8 Å². The van der Waals surface area contributed by atoms with E-state index in [1.54, 1.807) is 18.2 Å². The zero-order valence-electron chi connectivity index (χ0n) is 20.2. The Hall–Kier alpha value is -2.82. The molecule has 1 aliphatic rings. The summed E-state index contributed by atoms with van der Waals surface area (Å²) in [6, 6.07) is 5.45. The minimum Gasteiger partial charge on any atom is -0.486 e. The smallest absolute Gasteiger partial charge is 0.251 e. The normalized spacial score (nSPS) is 14.8. The predicted octanol–water partition coefficient (Wildman–Crippen LogP) is 5.02. The monoisotopic (exact) mass is 545 g/mol. The molecule has 2 heterocycles. The molecule has 2 aromatic heterocycles. The Morgan fingerprint density at radius 1 is 1.42 bits per heavy atom. The molecule has 0 fully saturated rings. The molecule has 0 radical (unpaired) electrons. The fraction of sp³-hybridized carbons (Fsp3) is 0.360. The number of amides is 2. The molecule has 3 aromatic rings. The SMILES string of the molecule is C=CCn1c(COc2ccc(Cl)c(C)c2)nnc1SCC(=O)Nc1sc2c(c1C(N)=O)CCC(C)C2. The van der Waals surface area contributed by atoms with E-state index >= 15 is 0 Å². The van der Waals surface area contributed by atoms with Gasteiger partial charge in [-0.2, -0.15) is 0 Å². The highest BCUT2D eigenvalue weighted by Gasteiger charge is 2.27. The van der Waals surface area contributed by atoms with E-state index in [4.69, 9.17) is 22.1 Å². The summed E-state index contributed by atoms with van der Waals surface area (Å²) in [5.41, 5.74) is 8.02. The van der Waals surface area contributed by atoms with E-state index in [1.165, 1.54) is 23.1 Å². The first-order valence-electron chi connectivity index (χ1n) is 11.6. The Kier molecular flexibility index (Phi) is 8.38. The van der Waals surface area contributed by atoms with E-state index in [1.807, 2.05) is 17.6 Å². The first-order chi connectivity index (χ1) is 17.3. The maximum absolute atomic E-state index is 12.8. The molecule has 190 valence electrons. The van der Waals surface area contributed by atoms with E-state index < -0.39 is 5.91 Å². The van der Waals surface area contributed by atoms with Crippen molar-refractivity contribution in [1.29, 1.82) is 0 Å². The molecule has 0 saturated carbocycles. The van der Waals surface area contributed by atoms with Gasteiger partial charge in [-0.05, 0) is 61.4 Å². The van der Waals surface area contributed by atoms with Crippen LogP contribution >= 0.6 is 34.7 Å². The molecule has 36 heavy (non-hydrogen) atoms. The standard InChI is InChI=1S/C25H28ClN5O3S2/c1-4-9-31-20(12-34-16-6-8-18(26)15(3)11-16)29-30-25(31)35-13-21(32)28-24-22(23(27)33)17-7-5-14(2)10-19(17)36-24/h4,6,8,11,14H,1,5,7,9-10,12-13H2,2-3H3,(H2,27,33)(H,28,32). The van der Waals surface area contributed by atoms with Crippen LogP contribution in [0.1, 0.15) is 45.5 Å². The molecule has 1 atom stereocenters. The van der Waals surface area contributed by atoms with Crippen LogP contribution in [0.15, 0.2) is 36.0 Å². The molecule has 0 bridgehead atoms. The summed E-state index contributed by atoms with van der Waals surface area (Å²) in [4.78, 5) is 26.1. The van der Waals surface area contributed by atoms with Gasteiger partial charge in [-0.15, -0.1) is 28.1 Å². The Morgan fingerprint density at radius 2 is 2.22 bits per heavy atom. The highest BCUT2D eigenvalue weighted by molar-refractivity contribution is 7.99. The van der Waals surface area contributed by atoms with E-state index in [2.05, 4.69) is 29.0 Å². The van der Waals surface area contributed by atoms with Gasteiger partial charge in [0.1, 0.15) is 17.4 Å². The third-order valence-corrected chi connectivity index (χ3v) is 8.51. The lowest BCUT2D eigenvalue weighted by Crippen LogP contribution is -2.20. The van der Waals surface area contributed by atoms with Gasteiger partial charge in [0.15, 0.2) is 11.0 Å². The molecule has 1 aliphatic carbocycles. The van der Waals surface area contributed by atoms with Crippen molar-refractivity contribution in [3.05, 3.63) is 63.3 Å². The number of aryl methyl sites for hydroxylation is 1. The first kappa shape index (κ1) is 26.2. The largest absolute Gasteiger partial charge is 0.486 e. The summed E-state index contributed by atoms with van der Waals surface area (Å²) in [6.07, 6.45) is 4.45. The fourth-order valence-electron chi connectivity index (χ4n) is 4.09. The third-order valence-electron chi connectivity index (χ3n) is 5.95. The maximum atomic E-state index is 12.8. The maximum Gasteiger partial charge on any atom is 0.251 e. The third kappa shape index (κ3) is 5.93. The number of thiophene rings is 1. The van der Waals surface area contributed by atoms with Gasteiger partial charge in [0.05, 0.1) is 11.3 Å². The number of ether oxygens (including phenoxy) is 1. The summed E-state index contributed by atoms with van der Waals surface area (Å²) >= 11 is 8.79. The summed E-state index contributed by atoms with van der Waals surface area (Å²) in [7, 11) is 0. The van der Waals surface area contributed by atoms with Crippen LogP contribution in [0, 0.1) is 12.8 Å². The van der Waals surface area contributed by atoms with E-state index in [9.17, 15) is 9.59 Å². The Balaban J connectivity index is 1.42. The van der Waals surface area contributed by atoms with Crippen molar-refractivity contribution in [2.75, 3.05) is 11.1 Å². The number of nitrogens with zero attached hydrogens (tertiary/aromatic N) is 3. The van der Waals surface area contributed by atoms with E-state index in [0.717, 1.165) is 35.3 Å². The van der Waals surface area contributed by atoms with E-state index in [-0.39, 0.29) is 18.3 Å². The van der Waals surface area contributed by atoms with Crippen molar-refractivity contribution >= 4 is 51.5 Å². The number of allylic oxidation sites excluding steroid dienone is 1. The molecule has 1 aromatic carbocycles. The molecule has 0 saturated heterocycles. The average Bonchev–Trinajstić information content (AvgIpc) is 3.38. The van der Waals surface area contributed by atoms with Gasteiger partial charge in [0, 0.05) is 16.4 Å². The second kappa shape index (κ2) is 11.5. The molecule has 0 spiro atoms. The van der Waals surface area contributed by atoms with Crippen molar-refractivity contribution in [2.24, 2.45) is 11.7 Å². The number of carbonyl (C=O) groups is 2. The topological polar surface area (TPSA) is 112 Å². The van der Waals surface area contributed by atoms with Crippen LogP contribution < -0.4 is 15.8 Å². The summed E-state index contributed by atoms with van der Waals surface area (Å²) in [5.74, 6) is 1.20. The second-order valence-electron chi connectivity index (χ2n) is 8.75. The summed E-state index contributed by atoms with van der Waals surface area (Å²) in [6.45, 7) is 8.58. The lowest BCUT2D eigenvalue weighted by atomic mass is 9.88. The molecule has 8 nitrogen and oxygen atoms in total. The van der Waals surface area contributed by atoms with Crippen LogP contribution in [0.3, 0.4) is 0 Å². The van der Waals surface area contributed by atoms with Gasteiger partial charge >= 0.3 is 0 Å². The summed E-state index contributed by atoms with van der Waals surface area (Å²) < 4.78 is 7.72. The van der Waals surface area contributed by atoms with E-state index in [0.29, 0.717) is 44.8 Å². The summed E-state index contributed by atoms with van der Waals surface area (Å²) in [5, 5.41) is 13.2. The zero-order valence-corrected chi connectivity index (χ0v) is 22.6. The number of carbonyl (C=O) groups excluding carboxylic acids is 2. The number of nitrogens with two attached hydrogens (primary N) is 1. The van der Waals surface area contributed by atoms with Crippen molar-refractivity contribution in [1.82, 2.24) is 14.8 Å². The lowest BCUT2D eigenvalue weighted by Gasteiger charge is -2.18. The van der Waals surface area contributed by atoms with Gasteiger partial charge < -0.3 is 15.8 Å². The van der Waals surface area contributed by atoms with Crippen molar-refractivity contribution in [3.63, 3.8) is 0 Å². The molecule has 2 amide bonds. The second-order valence-corrected chi connectivity index (χ2v) is 11.2. The number of hydrogen-bond donors (Lipinski definition) is 2. The number of primary amides is 1. The van der Waals surface area contributed by atoms with Crippen LogP contribution in [0.4, 0.5) is 5.00 Å². The minimum absolute atomic E-state index is 0.101. The number of fused-ring (bicyclic) bond motifs is 1. The quantitative estimate of drug-likeness (QED) is 0.273. The lowest BCUT2D eigenvalue weighted by molar-refractivity contribution is -0.113. The fourth-order valence-corrected chi connectivity index (χ4v) is 6.41. The molecule has 0 aliphatic heterocycles. The number of hydrogen-bond acceptors (Lipinski definition) is 7. The highest BCUT2D eigenvalue weighted by atomic mass is 35.5. The number of thioether (sulfide) groups is 1. The highest BCUT2D eigenvalue weighted by Crippen LogP contribution is 2.39. The molecule has 1 unspecified atom stereocenters. The van der Waals surface area contributed by atoms with Crippen molar-refractivity contribution in [3.8, 4) is 5.75 Å². The average molecular weight is 546 g/mol. The minimum atomic E-state index is -0.503. The van der Waals surface area contributed by atoms with Crippen LogP contribution in [0.2, 0.25) is 5.02 Å². The van der Waals surface area contributed by atoms with Gasteiger partial charge in [0.2, 0.25) is 5.91 Å². The van der Waals surface area contributed by atoms with Crippen LogP contribution in [-0.4, -0.2) is 32.3 Å². The Morgan fingerprint density at radius 3 is 2.94 bits per heavy atom. The number of benzene rings is 1. The first-order valence-corrected chi connectivity index (χ1v) is 13.7. The Bertz CT molecular complexity index is 1300. The van der Waals surface area contributed by atoms with Crippen LogP contribution in [0.5, 0.6) is 5.75 Å². The molecule has 4 rings (SSSR count). The number of rotatable bonds is 10. The molecular weight excluding hydrogens is 518 g/mol. The van der Waals surface area contributed by atoms with Crippen LogP contribution in [0.25, 0.3) is 0 Å². The number of aromatic nitrogens is 3. The van der Waals surface area contributed by atoms with Gasteiger partial charge in [-0.25, -0.2) is 0 Å². The zero-order chi connectivity index (χ0) is 25.8.